The van der Waals surface area contributed by atoms with Crippen LogP contribution >= 0.6 is 0 Å². The van der Waals surface area contributed by atoms with Crippen LogP contribution in [-0.2, 0) is 9.47 Å². The molecule has 6 nitrogen and oxygen atoms in total. The number of nitrogens with one attached hydrogen (secondary N) is 1. The number of aromatic nitrogens is 2. The summed E-state index contributed by atoms with van der Waals surface area (Å²) < 4.78 is 10.5. The number of ether oxygens (including phenoxy) is 2. The van der Waals surface area contributed by atoms with E-state index in [4.69, 9.17) is 9.47 Å². The minimum Gasteiger partial charge on any atom is -0.462 e. The van der Waals surface area contributed by atoms with Gasteiger partial charge in [-0.05, 0) is 39.0 Å². The number of carbonyl (C=O) groups excluding carboxylic acids is 1. The molecule has 1 fully saturated rings. The number of nitrogens with zero attached hydrogens (tertiary/aromatic N) is 2. The first kappa shape index (κ1) is 15.7. The van der Waals surface area contributed by atoms with Crippen molar-refractivity contribution in [3.63, 3.8) is 0 Å². The van der Waals surface area contributed by atoms with Crippen LogP contribution in [0.25, 0.3) is 0 Å². The Hall–Kier alpha value is -1.69. The second kappa shape index (κ2) is 7.93. The van der Waals surface area contributed by atoms with Crippen molar-refractivity contribution < 1.29 is 14.3 Å². The lowest BCUT2D eigenvalue weighted by atomic mass is 10.2. The summed E-state index contributed by atoms with van der Waals surface area (Å²) in [6.45, 7) is 6.29. The van der Waals surface area contributed by atoms with Gasteiger partial charge in [0.05, 0.1) is 17.9 Å². The average Bonchev–Trinajstić information content (AvgIpc) is 3.27. The molecule has 0 bridgehead atoms. The van der Waals surface area contributed by atoms with Gasteiger partial charge in [0.2, 0.25) is 5.95 Å². The molecule has 2 rings (SSSR count). The van der Waals surface area contributed by atoms with Crippen molar-refractivity contribution in [2.75, 3.05) is 31.7 Å². The molecule has 1 aliphatic carbocycles. The molecule has 1 N–H and O–H groups in total. The number of rotatable bonds is 9. The number of anilines is 1. The Morgan fingerprint density at radius 1 is 1.48 bits per heavy atom. The second-order valence-corrected chi connectivity index (χ2v) is 5.21. The predicted molar refractivity (Wildman–Crippen MR) is 79.4 cm³/mol. The van der Waals surface area contributed by atoms with E-state index in [2.05, 4.69) is 15.3 Å². The van der Waals surface area contributed by atoms with Crippen LogP contribution < -0.4 is 5.32 Å². The first-order chi connectivity index (χ1) is 10.2. The van der Waals surface area contributed by atoms with Crippen molar-refractivity contribution in [1.82, 2.24) is 9.97 Å². The molecule has 0 spiro atoms. The van der Waals surface area contributed by atoms with Crippen molar-refractivity contribution in [3.8, 4) is 0 Å². The molecule has 1 aromatic heterocycles. The largest absolute Gasteiger partial charge is 0.462 e. The van der Waals surface area contributed by atoms with Gasteiger partial charge in [0, 0.05) is 26.0 Å². The van der Waals surface area contributed by atoms with Crippen molar-refractivity contribution >= 4 is 11.9 Å². The quantitative estimate of drug-likeness (QED) is 0.556. The van der Waals surface area contributed by atoms with Crippen LogP contribution in [0.1, 0.15) is 42.2 Å². The van der Waals surface area contributed by atoms with Crippen molar-refractivity contribution in [1.29, 1.82) is 0 Å². The molecule has 0 amide bonds. The maximum atomic E-state index is 11.6. The first-order valence-corrected chi connectivity index (χ1v) is 7.53. The van der Waals surface area contributed by atoms with Crippen molar-refractivity contribution in [2.45, 2.75) is 33.1 Å². The van der Waals surface area contributed by atoms with Crippen LogP contribution in [0.3, 0.4) is 0 Å². The molecule has 1 aromatic rings. The van der Waals surface area contributed by atoms with E-state index in [1.54, 1.807) is 13.8 Å². The van der Waals surface area contributed by atoms with Crippen LogP contribution in [0.4, 0.5) is 5.95 Å². The summed E-state index contributed by atoms with van der Waals surface area (Å²) in [5, 5.41) is 3.13. The van der Waals surface area contributed by atoms with Gasteiger partial charge in [-0.2, -0.15) is 0 Å². The van der Waals surface area contributed by atoms with Crippen LogP contribution in [0.15, 0.2) is 6.20 Å². The van der Waals surface area contributed by atoms with Crippen molar-refractivity contribution in [3.05, 3.63) is 17.5 Å². The topological polar surface area (TPSA) is 73.3 Å². The van der Waals surface area contributed by atoms with Crippen molar-refractivity contribution in [2.24, 2.45) is 5.92 Å². The highest BCUT2D eigenvalue weighted by Crippen LogP contribution is 2.28. The Balaban J connectivity index is 1.70. The van der Waals surface area contributed by atoms with E-state index in [1.807, 2.05) is 0 Å². The van der Waals surface area contributed by atoms with Crippen LogP contribution in [0.5, 0.6) is 0 Å². The van der Waals surface area contributed by atoms with Crippen LogP contribution in [0, 0.1) is 12.8 Å². The molecule has 0 unspecified atom stereocenters. The van der Waals surface area contributed by atoms with Crippen LogP contribution in [-0.4, -0.2) is 42.3 Å². The number of hydrogen-bond acceptors (Lipinski definition) is 6. The number of carbonyl (C=O) groups is 1. The van der Waals surface area contributed by atoms with Gasteiger partial charge in [-0.15, -0.1) is 0 Å². The summed E-state index contributed by atoms with van der Waals surface area (Å²) in [5.74, 6) is 0.956. The van der Waals surface area contributed by atoms with Gasteiger partial charge in [-0.25, -0.2) is 14.8 Å². The molecule has 0 radical (unpaired) electrons. The normalized spacial score (nSPS) is 14.0. The summed E-state index contributed by atoms with van der Waals surface area (Å²) in [7, 11) is 0. The van der Waals surface area contributed by atoms with Gasteiger partial charge >= 0.3 is 5.97 Å². The lowest BCUT2D eigenvalue weighted by molar-refractivity contribution is 0.0524. The maximum Gasteiger partial charge on any atom is 0.341 e. The Morgan fingerprint density at radius 3 is 2.95 bits per heavy atom. The van der Waals surface area contributed by atoms with E-state index in [0.717, 1.165) is 32.1 Å². The summed E-state index contributed by atoms with van der Waals surface area (Å²) in [6.07, 6.45) is 5.05. The van der Waals surface area contributed by atoms with E-state index in [0.29, 0.717) is 23.8 Å². The van der Waals surface area contributed by atoms with Gasteiger partial charge in [0.1, 0.15) is 0 Å². The molecule has 0 atom stereocenters. The molecular formula is C15H23N3O3. The smallest absolute Gasteiger partial charge is 0.341 e. The number of esters is 1. The highest BCUT2D eigenvalue weighted by atomic mass is 16.5. The fourth-order valence-electron chi connectivity index (χ4n) is 1.87. The third-order valence-electron chi connectivity index (χ3n) is 3.27. The van der Waals surface area contributed by atoms with E-state index in [1.165, 1.54) is 19.0 Å². The van der Waals surface area contributed by atoms with Gasteiger partial charge < -0.3 is 14.8 Å². The Labute approximate surface area is 125 Å². The summed E-state index contributed by atoms with van der Waals surface area (Å²) in [4.78, 5) is 20.0. The molecule has 1 heterocycles. The van der Waals surface area contributed by atoms with Gasteiger partial charge in [0.15, 0.2) is 0 Å². The second-order valence-electron chi connectivity index (χ2n) is 5.21. The fourth-order valence-corrected chi connectivity index (χ4v) is 1.87. The van der Waals surface area contributed by atoms with Gasteiger partial charge in [0.25, 0.3) is 0 Å². The Kier molecular flexibility index (Phi) is 5.92. The molecule has 1 aliphatic rings. The highest BCUT2D eigenvalue weighted by Gasteiger charge is 2.20. The van der Waals surface area contributed by atoms with E-state index in [9.17, 15) is 4.79 Å². The van der Waals surface area contributed by atoms with E-state index >= 15 is 0 Å². The predicted octanol–water partition coefficient (Wildman–Crippen LogP) is 2.19. The van der Waals surface area contributed by atoms with Gasteiger partial charge in [-0.3, -0.25) is 0 Å². The van der Waals surface area contributed by atoms with E-state index < -0.39 is 0 Å². The minimum atomic E-state index is -0.380. The standard InChI is InChI=1S/C15H23N3O3/c1-3-21-14(19)13-9-17-15(18-11(13)2)16-7-4-8-20-10-12-5-6-12/h9,12H,3-8,10H2,1-2H3,(H,16,17,18). The number of aryl methyl sites for hydroxylation is 1. The SMILES string of the molecule is CCOC(=O)c1cnc(NCCCOCC2CC2)nc1C. The number of hydrogen-bond donors (Lipinski definition) is 1. The molecule has 6 heteroatoms. The first-order valence-electron chi connectivity index (χ1n) is 7.53. The molecule has 1 saturated carbocycles. The monoisotopic (exact) mass is 293 g/mol. The molecule has 21 heavy (non-hydrogen) atoms. The Bertz CT molecular complexity index is 475. The summed E-state index contributed by atoms with van der Waals surface area (Å²) >= 11 is 0. The molecule has 0 aromatic carbocycles. The summed E-state index contributed by atoms with van der Waals surface area (Å²) in [6, 6.07) is 0. The molecule has 0 saturated heterocycles. The molecule has 0 aliphatic heterocycles. The maximum absolute atomic E-state index is 11.6. The minimum absolute atomic E-state index is 0.346. The third kappa shape index (κ3) is 5.30. The van der Waals surface area contributed by atoms with Gasteiger partial charge in [-0.1, -0.05) is 0 Å². The lowest BCUT2D eigenvalue weighted by Gasteiger charge is -2.08. The zero-order valence-corrected chi connectivity index (χ0v) is 12.7. The average molecular weight is 293 g/mol. The van der Waals surface area contributed by atoms with Crippen LogP contribution in [0.2, 0.25) is 0 Å². The third-order valence-corrected chi connectivity index (χ3v) is 3.27. The molecular weight excluding hydrogens is 270 g/mol. The highest BCUT2D eigenvalue weighted by molar-refractivity contribution is 5.90. The zero-order chi connectivity index (χ0) is 15.1. The Morgan fingerprint density at radius 2 is 2.29 bits per heavy atom. The van der Waals surface area contributed by atoms with E-state index in [-0.39, 0.29) is 5.97 Å². The lowest BCUT2D eigenvalue weighted by Crippen LogP contribution is -2.13. The summed E-state index contributed by atoms with van der Waals surface area (Å²) in [5.41, 5.74) is 1.03. The zero-order valence-electron chi connectivity index (χ0n) is 12.7. The molecule has 116 valence electrons. The fraction of sp³-hybridized carbons (Fsp3) is 0.667.